The zero-order chi connectivity index (χ0) is 11.6. The minimum Gasteiger partial charge on any atom is -0.293 e. The second-order valence-electron chi connectivity index (χ2n) is 4.52. The van der Waals surface area contributed by atoms with E-state index in [9.17, 15) is 4.79 Å². The molecule has 1 nitrogen and oxygen atoms in total. The fraction of sp³-hybridized carbons (Fsp3) is 0.500. The Kier molecular flexibility index (Phi) is 3.38. The number of ketones is 1. The maximum absolute atomic E-state index is 12.5. The van der Waals surface area contributed by atoms with E-state index < -0.39 is 0 Å². The Bertz CT molecular complexity index is 391. The lowest BCUT2D eigenvalue weighted by atomic mass is 9.91. The molecule has 1 aromatic rings. The number of carbonyl (C=O) groups is 1. The summed E-state index contributed by atoms with van der Waals surface area (Å²) in [5.74, 6) is 1.45. The van der Waals surface area contributed by atoms with Gasteiger partial charge in [-0.2, -0.15) is 0 Å². The lowest BCUT2D eigenvalue weighted by molar-refractivity contribution is 0.0948. The van der Waals surface area contributed by atoms with E-state index in [1.54, 1.807) is 0 Å². The molecule has 1 aliphatic rings. The Morgan fingerprint density at radius 3 is 2.81 bits per heavy atom. The summed E-state index contributed by atoms with van der Waals surface area (Å²) < 4.78 is -0.175. The van der Waals surface area contributed by atoms with Crippen LogP contribution in [-0.4, -0.2) is 16.3 Å². The molecule has 86 valence electrons. The monoisotopic (exact) mass is 234 g/mol. The number of hydrogen-bond donors (Lipinski definition) is 0. The van der Waals surface area contributed by atoms with Gasteiger partial charge < -0.3 is 0 Å². The largest absolute Gasteiger partial charge is 0.293 e. The van der Waals surface area contributed by atoms with Crippen LogP contribution in [0.25, 0.3) is 0 Å². The predicted octanol–water partition coefficient (Wildman–Crippen LogP) is 3.72. The molecule has 0 aliphatic carbocycles. The van der Waals surface area contributed by atoms with E-state index in [0.717, 1.165) is 24.2 Å². The second-order valence-corrected chi connectivity index (χ2v) is 6.12. The molecule has 0 aromatic heterocycles. The van der Waals surface area contributed by atoms with Crippen LogP contribution in [0.5, 0.6) is 0 Å². The van der Waals surface area contributed by atoms with Gasteiger partial charge in [0.1, 0.15) is 0 Å². The van der Waals surface area contributed by atoms with Gasteiger partial charge in [-0.15, -0.1) is 11.8 Å². The van der Waals surface area contributed by atoms with Crippen LogP contribution < -0.4 is 0 Å². The average Bonchev–Trinajstić information content (AvgIpc) is 2.76. The van der Waals surface area contributed by atoms with Gasteiger partial charge in [0.25, 0.3) is 0 Å². The maximum Gasteiger partial charge on any atom is 0.178 e. The van der Waals surface area contributed by atoms with E-state index in [2.05, 4.69) is 19.9 Å². The third kappa shape index (κ3) is 2.03. The first-order valence-electron chi connectivity index (χ1n) is 5.94. The van der Waals surface area contributed by atoms with Crippen molar-refractivity contribution in [1.29, 1.82) is 0 Å². The number of hydrogen-bond acceptors (Lipinski definition) is 2. The third-order valence-electron chi connectivity index (χ3n) is 3.34. The van der Waals surface area contributed by atoms with Crippen molar-refractivity contribution in [3.8, 4) is 0 Å². The molecule has 1 aliphatic heterocycles. The zero-order valence-corrected chi connectivity index (χ0v) is 10.8. The van der Waals surface area contributed by atoms with Crippen LogP contribution in [0.15, 0.2) is 24.3 Å². The molecule has 1 heterocycles. The van der Waals surface area contributed by atoms with E-state index in [1.807, 2.05) is 30.0 Å². The summed E-state index contributed by atoms with van der Waals surface area (Å²) >= 11 is 1.82. The Hall–Kier alpha value is -0.760. The zero-order valence-electron chi connectivity index (χ0n) is 9.95. The van der Waals surface area contributed by atoms with Gasteiger partial charge in [0.15, 0.2) is 5.78 Å². The van der Waals surface area contributed by atoms with Crippen molar-refractivity contribution in [3.05, 3.63) is 35.4 Å². The lowest BCUT2D eigenvalue weighted by Crippen LogP contribution is -2.29. The molecule has 0 radical (unpaired) electrons. The highest BCUT2D eigenvalue weighted by Gasteiger charge is 2.38. The summed E-state index contributed by atoms with van der Waals surface area (Å²) in [7, 11) is 0. The second kappa shape index (κ2) is 4.62. The quantitative estimate of drug-likeness (QED) is 0.741. The van der Waals surface area contributed by atoms with E-state index >= 15 is 0 Å². The third-order valence-corrected chi connectivity index (χ3v) is 4.86. The maximum atomic E-state index is 12.5. The minimum absolute atomic E-state index is 0.175. The van der Waals surface area contributed by atoms with Gasteiger partial charge in [0.05, 0.1) is 4.75 Å². The van der Waals surface area contributed by atoms with Gasteiger partial charge in [-0.25, -0.2) is 0 Å². The molecular formula is C14H18OS. The van der Waals surface area contributed by atoms with Crippen LogP contribution in [0.2, 0.25) is 0 Å². The molecule has 0 saturated carbocycles. The molecule has 0 spiro atoms. The summed E-state index contributed by atoms with van der Waals surface area (Å²) in [5, 5.41) is 0. The normalized spacial score (nSPS) is 24.6. The Morgan fingerprint density at radius 2 is 2.19 bits per heavy atom. The fourth-order valence-electron chi connectivity index (χ4n) is 2.29. The molecule has 0 N–H and O–H groups in total. The van der Waals surface area contributed by atoms with Crippen molar-refractivity contribution in [2.45, 2.75) is 37.9 Å². The summed E-state index contributed by atoms with van der Waals surface area (Å²) in [4.78, 5) is 12.5. The summed E-state index contributed by atoms with van der Waals surface area (Å²) in [6, 6.07) is 8.02. The van der Waals surface area contributed by atoms with Gasteiger partial charge in [0, 0.05) is 5.56 Å². The molecule has 2 rings (SSSR count). The molecule has 1 fully saturated rings. The summed E-state index contributed by atoms with van der Waals surface area (Å²) in [6.45, 7) is 4.20. The smallest absolute Gasteiger partial charge is 0.178 e. The Morgan fingerprint density at radius 1 is 1.44 bits per heavy atom. The molecule has 1 saturated heterocycles. The number of Topliss-reactive ketones (excluding diaryl/α,β-unsaturated/α-hetero) is 1. The molecular weight excluding hydrogens is 216 g/mol. The highest BCUT2D eigenvalue weighted by Crippen LogP contribution is 2.40. The van der Waals surface area contributed by atoms with Crippen molar-refractivity contribution in [1.82, 2.24) is 0 Å². The topological polar surface area (TPSA) is 17.1 Å². The van der Waals surface area contributed by atoms with Gasteiger partial charge in [-0.05, 0) is 37.5 Å². The predicted molar refractivity (Wildman–Crippen MR) is 70.2 cm³/mol. The average molecular weight is 234 g/mol. The lowest BCUT2D eigenvalue weighted by Gasteiger charge is -2.22. The van der Waals surface area contributed by atoms with E-state index in [-0.39, 0.29) is 4.75 Å². The van der Waals surface area contributed by atoms with Gasteiger partial charge in [-0.3, -0.25) is 4.79 Å². The fourth-order valence-corrected chi connectivity index (χ4v) is 3.56. The van der Waals surface area contributed by atoms with Gasteiger partial charge in [-0.1, -0.05) is 31.2 Å². The molecule has 1 aromatic carbocycles. The van der Waals surface area contributed by atoms with E-state index in [1.165, 1.54) is 12.0 Å². The SMILES string of the molecule is CCc1ccccc1C(=O)C1(C)CCCS1. The van der Waals surface area contributed by atoms with Crippen molar-refractivity contribution < 1.29 is 4.79 Å². The van der Waals surface area contributed by atoms with Crippen LogP contribution in [0.4, 0.5) is 0 Å². The minimum atomic E-state index is -0.175. The van der Waals surface area contributed by atoms with E-state index in [4.69, 9.17) is 0 Å². The molecule has 1 unspecified atom stereocenters. The van der Waals surface area contributed by atoms with Crippen LogP contribution in [0.3, 0.4) is 0 Å². The van der Waals surface area contributed by atoms with Crippen LogP contribution >= 0.6 is 11.8 Å². The number of carbonyl (C=O) groups excluding carboxylic acids is 1. The van der Waals surface area contributed by atoms with Gasteiger partial charge in [0.2, 0.25) is 0 Å². The van der Waals surface area contributed by atoms with E-state index in [0.29, 0.717) is 5.78 Å². The first-order chi connectivity index (χ1) is 7.67. The molecule has 2 heteroatoms. The van der Waals surface area contributed by atoms with Crippen molar-refractivity contribution in [2.75, 3.05) is 5.75 Å². The number of benzene rings is 1. The number of thioether (sulfide) groups is 1. The Labute approximate surface area is 102 Å². The highest BCUT2D eigenvalue weighted by atomic mass is 32.2. The summed E-state index contributed by atoms with van der Waals surface area (Å²) in [5.41, 5.74) is 2.11. The number of rotatable bonds is 3. The van der Waals surface area contributed by atoms with Crippen molar-refractivity contribution in [2.24, 2.45) is 0 Å². The molecule has 0 bridgehead atoms. The van der Waals surface area contributed by atoms with Crippen LogP contribution in [-0.2, 0) is 6.42 Å². The van der Waals surface area contributed by atoms with Crippen LogP contribution in [0.1, 0.15) is 42.6 Å². The van der Waals surface area contributed by atoms with Crippen LogP contribution in [0, 0.1) is 0 Å². The molecule has 0 amide bonds. The van der Waals surface area contributed by atoms with Crippen molar-refractivity contribution in [3.63, 3.8) is 0 Å². The summed E-state index contributed by atoms with van der Waals surface area (Å²) in [6.07, 6.45) is 3.12. The first kappa shape index (κ1) is 11.7. The molecule has 1 atom stereocenters. The standard InChI is InChI=1S/C14H18OS/c1-3-11-7-4-5-8-12(11)13(15)14(2)9-6-10-16-14/h4-5,7-8H,3,6,9-10H2,1-2H3. The first-order valence-corrected chi connectivity index (χ1v) is 6.92. The Balaban J connectivity index is 2.33. The number of aryl methyl sites for hydroxylation is 1. The van der Waals surface area contributed by atoms with Crippen molar-refractivity contribution >= 4 is 17.5 Å². The van der Waals surface area contributed by atoms with Gasteiger partial charge >= 0.3 is 0 Å². The highest BCUT2D eigenvalue weighted by molar-refractivity contribution is 8.01. The molecule has 16 heavy (non-hydrogen) atoms.